The molecule has 124 valence electrons. The van der Waals surface area contributed by atoms with E-state index in [2.05, 4.69) is 26.3 Å². The molecular formula is C19H22N4O. The number of rotatable bonds is 6. The van der Waals surface area contributed by atoms with Gasteiger partial charge in [0.25, 0.3) is 0 Å². The number of nitrogens with zero attached hydrogens (tertiary/aromatic N) is 2. The van der Waals surface area contributed by atoms with Crippen LogP contribution in [0, 0.1) is 6.92 Å². The highest BCUT2D eigenvalue weighted by Gasteiger charge is 2.03. The van der Waals surface area contributed by atoms with Crippen molar-refractivity contribution in [1.82, 2.24) is 20.2 Å². The van der Waals surface area contributed by atoms with Crippen molar-refractivity contribution in [3.8, 4) is 0 Å². The molecule has 0 bridgehead atoms. The smallest absolute Gasteiger partial charge is 0.315 e. The second kappa shape index (κ2) is 7.64. The molecule has 0 atom stereocenters. The maximum Gasteiger partial charge on any atom is 0.315 e. The summed E-state index contributed by atoms with van der Waals surface area (Å²) >= 11 is 0. The SMILES string of the molecule is Cc1ccccc1CNC(=O)NCCCn1cnc2ccccc21. The Morgan fingerprint density at radius 3 is 2.75 bits per heavy atom. The number of carbonyl (C=O) groups excluding carboxylic acids is 1. The fourth-order valence-corrected chi connectivity index (χ4v) is 2.69. The summed E-state index contributed by atoms with van der Waals surface area (Å²) in [5.74, 6) is 0. The van der Waals surface area contributed by atoms with Gasteiger partial charge in [0.15, 0.2) is 0 Å². The monoisotopic (exact) mass is 322 g/mol. The molecule has 0 aliphatic carbocycles. The number of hydrogen-bond donors (Lipinski definition) is 2. The molecular weight excluding hydrogens is 300 g/mol. The molecule has 0 aliphatic rings. The Balaban J connectivity index is 1.40. The van der Waals surface area contributed by atoms with Gasteiger partial charge in [0.05, 0.1) is 17.4 Å². The van der Waals surface area contributed by atoms with Crippen LogP contribution < -0.4 is 10.6 Å². The fraction of sp³-hybridized carbons (Fsp3) is 0.263. The van der Waals surface area contributed by atoms with E-state index in [0.29, 0.717) is 13.1 Å². The first kappa shape index (κ1) is 16.1. The van der Waals surface area contributed by atoms with Crippen molar-refractivity contribution >= 4 is 17.1 Å². The maximum absolute atomic E-state index is 11.9. The zero-order chi connectivity index (χ0) is 16.8. The first-order chi connectivity index (χ1) is 11.7. The van der Waals surface area contributed by atoms with E-state index in [9.17, 15) is 4.79 Å². The average Bonchev–Trinajstić information content (AvgIpc) is 3.01. The highest BCUT2D eigenvalue weighted by atomic mass is 16.2. The van der Waals surface area contributed by atoms with Crippen molar-refractivity contribution < 1.29 is 4.79 Å². The normalized spacial score (nSPS) is 10.7. The standard InChI is InChI=1S/C19H22N4O/c1-15-7-2-3-8-16(15)13-21-19(24)20-11-6-12-23-14-22-17-9-4-5-10-18(17)23/h2-5,7-10,14H,6,11-13H2,1H3,(H2,20,21,24). The lowest BCUT2D eigenvalue weighted by molar-refractivity contribution is 0.240. The van der Waals surface area contributed by atoms with Gasteiger partial charge in [-0.25, -0.2) is 9.78 Å². The van der Waals surface area contributed by atoms with E-state index in [1.807, 2.05) is 55.7 Å². The molecule has 0 saturated carbocycles. The molecule has 3 rings (SSSR count). The Labute approximate surface area is 141 Å². The van der Waals surface area contributed by atoms with Crippen LogP contribution in [-0.2, 0) is 13.1 Å². The number of hydrogen-bond acceptors (Lipinski definition) is 2. The van der Waals surface area contributed by atoms with Gasteiger partial charge in [-0.3, -0.25) is 0 Å². The Morgan fingerprint density at radius 2 is 1.88 bits per heavy atom. The van der Waals surface area contributed by atoms with Crippen LogP contribution in [0.5, 0.6) is 0 Å². The Hall–Kier alpha value is -2.82. The molecule has 0 radical (unpaired) electrons. The van der Waals surface area contributed by atoms with E-state index in [1.54, 1.807) is 0 Å². The number of amides is 2. The molecule has 0 unspecified atom stereocenters. The average molecular weight is 322 g/mol. The molecule has 1 heterocycles. The van der Waals surface area contributed by atoms with Crippen molar-refractivity contribution in [2.45, 2.75) is 26.4 Å². The number of imidazole rings is 1. The lowest BCUT2D eigenvalue weighted by atomic mass is 10.1. The van der Waals surface area contributed by atoms with E-state index >= 15 is 0 Å². The quantitative estimate of drug-likeness (QED) is 0.685. The summed E-state index contributed by atoms with van der Waals surface area (Å²) < 4.78 is 2.11. The van der Waals surface area contributed by atoms with Gasteiger partial charge in [0, 0.05) is 19.6 Å². The van der Waals surface area contributed by atoms with Crippen molar-refractivity contribution in [3.63, 3.8) is 0 Å². The van der Waals surface area contributed by atoms with Gasteiger partial charge in [-0.05, 0) is 36.6 Å². The molecule has 0 saturated heterocycles. The van der Waals surface area contributed by atoms with Crippen molar-refractivity contribution in [2.75, 3.05) is 6.54 Å². The minimum Gasteiger partial charge on any atom is -0.338 e. The number of aryl methyl sites for hydroxylation is 2. The van der Waals surface area contributed by atoms with Crippen molar-refractivity contribution in [1.29, 1.82) is 0 Å². The largest absolute Gasteiger partial charge is 0.338 e. The summed E-state index contributed by atoms with van der Waals surface area (Å²) in [4.78, 5) is 16.2. The van der Waals surface area contributed by atoms with E-state index in [1.165, 1.54) is 5.56 Å². The third-order valence-corrected chi connectivity index (χ3v) is 4.09. The molecule has 0 fully saturated rings. The lowest BCUT2D eigenvalue weighted by Crippen LogP contribution is -2.36. The van der Waals surface area contributed by atoms with Crippen molar-refractivity contribution in [3.05, 3.63) is 66.0 Å². The van der Waals surface area contributed by atoms with Crippen LogP contribution in [0.1, 0.15) is 17.5 Å². The second-order valence-corrected chi connectivity index (χ2v) is 5.82. The van der Waals surface area contributed by atoms with Crippen LogP contribution in [0.15, 0.2) is 54.9 Å². The summed E-state index contributed by atoms with van der Waals surface area (Å²) in [5, 5.41) is 5.79. The number of carbonyl (C=O) groups is 1. The molecule has 0 spiro atoms. The van der Waals surface area contributed by atoms with Gasteiger partial charge < -0.3 is 15.2 Å². The molecule has 2 N–H and O–H groups in total. The molecule has 3 aromatic rings. The zero-order valence-corrected chi connectivity index (χ0v) is 13.8. The molecule has 2 amide bonds. The van der Waals surface area contributed by atoms with Crippen LogP contribution in [-0.4, -0.2) is 22.1 Å². The summed E-state index contributed by atoms with van der Waals surface area (Å²) in [7, 11) is 0. The number of nitrogens with one attached hydrogen (secondary N) is 2. The van der Waals surface area contributed by atoms with Gasteiger partial charge >= 0.3 is 6.03 Å². The van der Waals surface area contributed by atoms with E-state index in [0.717, 1.165) is 29.6 Å². The maximum atomic E-state index is 11.9. The number of urea groups is 1. The molecule has 5 heteroatoms. The van der Waals surface area contributed by atoms with Gasteiger partial charge in [0.2, 0.25) is 0 Å². The topological polar surface area (TPSA) is 59.0 Å². The van der Waals surface area contributed by atoms with E-state index in [-0.39, 0.29) is 6.03 Å². The molecule has 24 heavy (non-hydrogen) atoms. The summed E-state index contributed by atoms with van der Waals surface area (Å²) in [6.07, 6.45) is 2.71. The van der Waals surface area contributed by atoms with Gasteiger partial charge in [-0.1, -0.05) is 36.4 Å². The second-order valence-electron chi connectivity index (χ2n) is 5.82. The third-order valence-electron chi connectivity index (χ3n) is 4.09. The number of para-hydroxylation sites is 2. The van der Waals surface area contributed by atoms with E-state index in [4.69, 9.17) is 0 Å². The van der Waals surface area contributed by atoms with Crippen LogP contribution in [0.2, 0.25) is 0 Å². The molecule has 1 aromatic heterocycles. The third kappa shape index (κ3) is 3.93. The van der Waals surface area contributed by atoms with Crippen LogP contribution in [0.25, 0.3) is 11.0 Å². The molecule has 2 aromatic carbocycles. The van der Waals surface area contributed by atoms with Gasteiger partial charge in [-0.15, -0.1) is 0 Å². The first-order valence-electron chi connectivity index (χ1n) is 8.20. The van der Waals surface area contributed by atoms with Crippen LogP contribution in [0.4, 0.5) is 4.79 Å². The minimum atomic E-state index is -0.131. The van der Waals surface area contributed by atoms with Gasteiger partial charge in [-0.2, -0.15) is 0 Å². The number of benzene rings is 2. The van der Waals surface area contributed by atoms with Gasteiger partial charge in [0.1, 0.15) is 0 Å². The molecule has 5 nitrogen and oxygen atoms in total. The van der Waals surface area contributed by atoms with Crippen LogP contribution in [0.3, 0.4) is 0 Å². The number of aromatic nitrogens is 2. The van der Waals surface area contributed by atoms with Crippen LogP contribution >= 0.6 is 0 Å². The Morgan fingerprint density at radius 1 is 1.08 bits per heavy atom. The summed E-state index contributed by atoms with van der Waals surface area (Å²) in [5.41, 5.74) is 4.45. The minimum absolute atomic E-state index is 0.131. The highest BCUT2D eigenvalue weighted by Crippen LogP contribution is 2.11. The predicted molar refractivity (Wildman–Crippen MR) is 95.8 cm³/mol. The fourth-order valence-electron chi connectivity index (χ4n) is 2.69. The highest BCUT2D eigenvalue weighted by molar-refractivity contribution is 5.75. The zero-order valence-electron chi connectivity index (χ0n) is 13.8. The summed E-state index contributed by atoms with van der Waals surface area (Å²) in [6.45, 7) is 4.06. The lowest BCUT2D eigenvalue weighted by Gasteiger charge is -2.10. The predicted octanol–water partition coefficient (Wildman–Crippen LogP) is 3.23. The Bertz CT molecular complexity index is 825. The number of fused-ring (bicyclic) bond motifs is 1. The van der Waals surface area contributed by atoms with E-state index < -0.39 is 0 Å². The van der Waals surface area contributed by atoms with Crippen molar-refractivity contribution in [2.24, 2.45) is 0 Å². The summed E-state index contributed by atoms with van der Waals surface area (Å²) in [6, 6.07) is 16.0. The Kier molecular flexibility index (Phi) is 5.11. The molecule has 0 aliphatic heterocycles. The first-order valence-corrected chi connectivity index (χ1v) is 8.20.